The number of ether oxygens (including phenoxy) is 1. The molecule has 2 aromatic rings. The van der Waals surface area contributed by atoms with Gasteiger partial charge in [-0.3, -0.25) is 4.79 Å². The van der Waals surface area contributed by atoms with Crippen LogP contribution in [0.5, 0.6) is 0 Å². The van der Waals surface area contributed by atoms with Crippen LogP contribution in [0, 0.1) is 0 Å². The van der Waals surface area contributed by atoms with E-state index in [1.165, 1.54) is 16.8 Å². The first-order valence-corrected chi connectivity index (χ1v) is 8.76. The summed E-state index contributed by atoms with van der Waals surface area (Å²) >= 11 is 0. The van der Waals surface area contributed by atoms with E-state index in [1.807, 2.05) is 13.0 Å². The Hall–Kier alpha value is -2.13. The van der Waals surface area contributed by atoms with Gasteiger partial charge < -0.3 is 9.64 Å². The quantitative estimate of drug-likeness (QED) is 0.813. The summed E-state index contributed by atoms with van der Waals surface area (Å²) in [6.07, 6.45) is 2.01. The van der Waals surface area contributed by atoms with Gasteiger partial charge in [-0.25, -0.2) is 0 Å². The lowest BCUT2D eigenvalue weighted by atomic mass is 9.96. The zero-order chi connectivity index (χ0) is 16.8. The summed E-state index contributed by atoms with van der Waals surface area (Å²) in [7, 11) is 0. The fourth-order valence-corrected chi connectivity index (χ4v) is 3.11. The van der Waals surface area contributed by atoms with Gasteiger partial charge in [-0.1, -0.05) is 43.3 Å². The maximum Gasteiger partial charge on any atom is 0.137 e. The van der Waals surface area contributed by atoms with Crippen molar-refractivity contribution in [2.75, 3.05) is 31.2 Å². The normalized spacial score (nSPS) is 14.6. The number of Topliss-reactive ketones (excluding diaryl/α,β-unsaturated/α-hetero) is 1. The second-order valence-corrected chi connectivity index (χ2v) is 6.28. The van der Waals surface area contributed by atoms with Crippen molar-refractivity contribution in [3.63, 3.8) is 0 Å². The molecule has 0 saturated carbocycles. The van der Waals surface area contributed by atoms with E-state index >= 15 is 0 Å². The second-order valence-electron chi connectivity index (χ2n) is 6.28. The highest BCUT2D eigenvalue weighted by atomic mass is 16.5. The number of morpholine rings is 1. The molecule has 0 aromatic heterocycles. The number of nitrogens with zero attached hydrogens (tertiary/aromatic N) is 1. The first kappa shape index (κ1) is 16.7. The molecule has 24 heavy (non-hydrogen) atoms. The molecule has 1 aliphatic heterocycles. The maximum atomic E-state index is 11.8. The molecule has 0 atom stereocenters. The summed E-state index contributed by atoms with van der Waals surface area (Å²) in [5.74, 6) is 0.296. The van der Waals surface area contributed by atoms with Crippen molar-refractivity contribution >= 4 is 11.5 Å². The molecular weight excluding hydrogens is 298 g/mol. The predicted octanol–water partition coefficient (Wildman–Crippen LogP) is 3.64. The van der Waals surface area contributed by atoms with E-state index in [9.17, 15) is 4.79 Å². The number of hydrogen-bond donors (Lipinski definition) is 0. The van der Waals surface area contributed by atoms with E-state index < -0.39 is 0 Å². The minimum atomic E-state index is 0.296. The summed E-state index contributed by atoms with van der Waals surface area (Å²) in [5.41, 5.74) is 4.94. The average Bonchev–Trinajstić information content (AvgIpc) is 2.64. The monoisotopic (exact) mass is 323 g/mol. The summed E-state index contributed by atoms with van der Waals surface area (Å²) in [4.78, 5) is 14.2. The Morgan fingerprint density at radius 3 is 2.33 bits per heavy atom. The van der Waals surface area contributed by atoms with E-state index in [0.717, 1.165) is 38.3 Å². The van der Waals surface area contributed by atoms with Crippen LogP contribution in [0.2, 0.25) is 0 Å². The predicted molar refractivity (Wildman–Crippen MR) is 97.7 cm³/mol. The van der Waals surface area contributed by atoms with Crippen LogP contribution in [0.15, 0.2) is 48.5 Å². The van der Waals surface area contributed by atoms with Gasteiger partial charge in [0.1, 0.15) is 5.78 Å². The third-order valence-electron chi connectivity index (χ3n) is 4.61. The maximum absolute atomic E-state index is 11.8. The number of carbonyl (C=O) groups is 1. The minimum absolute atomic E-state index is 0.296. The van der Waals surface area contributed by atoms with Gasteiger partial charge in [-0.15, -0.1) is 0 Å². The molecular formula is C21H25NO2. The molecule has 1 fully saturated rings. The standard InChI is InChI=1S/C21H25NO2/c1-2-21(23)16-19-6-4-3-5-18(19)15-17-7-9-20(10-8-17)22-11-13-24-14-12-22/h3-10H,2,11-16H2,1H3. The zero-order valence-electron chi connectivity index (χ0n) is 14.3. The van der Waals surface area contributed by atoms with E-state index in [2.05, 4.69) is 47.4 Å². The van der Waals surface area contributed by atoms with Crippen LogP contribution in [-0.2, 0) is 22.4 Å². The lowest BCUT2D eigenvalue weighted by Crippen LogP contribution is -2.36. The minimum Gasteiger partial charge on any atom is -0.378 e. The first-order valence-electron chi connectivity index (χ1n) is 8.76. The Morgan fingerprint density at radius 1 is 1.00 bits per heavy atom. The van der Waals surface area contributed by atoms with Gasteiger partial charge in [0.05, 0.1) is 13.2 Å². The van der Waals surface area contributed by atoms with Crippen LogP contribution in [0.1, 0.15) is 30.0 Å². The molecule has 0 bridgehead atoms. The van der Waals surface area contributed by atoms with Crippen molar-refractivity contribution in [3.8, 4) is 0 Å². The largest absolute Gasteiger partial charge is 0.378 e. The molecule has 1 heterocycles. The average molecular weight is 323 g/mol. The van der Waals surface area contributed by atoms with Crippen molar-refractivity contribution in [2.24, 2.45) is 0 Å². The van der Waals surface area contributed by atoms with Gasteiger partial charge in [0.15, 0.2) is 0 Å². The number of benzene rings is 2. The number of rotatable bonds is 6. The van der Waals surface area contributed by atoms with Gasteiger partial charge in [0.2, 0.25) is 0 Å². The summed E-state index contributed by atoms with van der Waals surface area (Å²) in [6, 6.07) is 17.1. The van der Waals surface area contributed by atoms with Gasteiger partial charge in [-0.2, -0.15) is 0 Å². The van der Waals surface area contributed by atoms with E-state index in [0.29, 0.717) is 18.6 Å². The number of anilines is 1. The molecule has 2 aromatic carbocycles. The highest BCUT2D eigenvalue weighted by Gasteiger charge is 2.11. The molecule has 0 amide bonds. The first-order chi connectivity index (χ1) is 11.8. The second kappa shape index (κ2) is 8.11. The lowest BCUT2D eigenvalue weighted by molar-refractivity contribution is -0.118. The van der Waals surface area contributed by atoms with Crippen LogP contribution in [-0.4, -0.2) is 32.1 Å². The van der Waals surface area contributed by atoms with Crippen molar-refractivity contribution in [3.05, 3.63) is 65.2 Å². The lowest BCUT2D eigenvalue weighted by Gasteiger charge is -2.29. The van der Waals surface area contributed by atoms with Crippen molar-refractivity contribution in [2.45, 2.75) is 26.2 Å². The third kappa shape index (κ3) is 4.24. The van der Waals surface area contributed by atoms with Crippen LogP contribution >= 0.6 is 0 Å². The number of ketones is 1. The van der Waals surface area contributed by atoms with Crippen LogP contribution < -0.4 is 4.90 Å². The van der Waals surface area contributed by atoms with Gasteiger partial charge >= 0.3 is 0 Å². The smallest absolute Gasteiger partial charge is 0.137 e. The highest BCUT2D eigenvalue weighted by molar-refractivity contribution is 5.80. The molecule has 126 valence electrons. The van der Waals surface area contributed by atoms with Gasteiger partial charge in [-0.05, 0) is 35.2 Å². The summed E-state index contributed by atoms with van der Waals surface area (Å²) < 4.78 is 5.41. The molecule has 0 spiro atoms. The Kier molecular flexibility index (Phi) is 5.65. The molecule has 1 saturated heterocycles. The summed E-state index contributed by atoms with van der Waals surface area (Å²) in [6.45, 7) is 5.46. The van der Waals surface area contributed by atoms with Crippen molar-refractivity contribution < 1.29 is 9.53 Å². The Labute approximate surface area is 144 Å². The molecule has 3 heteroatoms. The van der Waals surface area contributed by atoms with Gasteiger partial charge in [0.25, 0.3) is 0 Å². The SMILES string of the molecule is CCC(=O)Cc1ccccc1Cc1ccc(N2CCOCC2)cc1. The fraction of sp³-hybridized carbons (Fsp3) is 0.381. The molecule has 3 rings (SSSR count). The summed E-state index contributed by atoms with van der Waals surface area (Å²) in [5, 5.41) is 0. The number of carbonyl (C=O) groups excluding carboxylic acids is 1. The molecule has 0 aliphatic carbocycles. The Bertz CT molecular complexity index is 672. The van der Waals surface area contributed by atoms with Crippen molar-refractivity contribution in [1.82, 2.24) is 0 Å². The van der Waals surface area contributed by atoms with E-state index in [4.69, 9.17) is 4.74 Å². The third-order valence-corrected chi connectivity index (χ3v) is 4.61. The molecule has 0 radical (unpaired) electrons. The Balaban J connectivity index is 1.71. The number of hydrogen-bond acceptors (Lipinski definition) is 3. The molecule has 0 N–H and O–H groups in total. The molecule has 3 nitrogen and oxygen atoms in total. The van der Waals surface area contributed by atoms with E-state index in [1.54, 1.807) is 0 Å². The fourth-order valence-electron chi connectivity index (χ4n) is 3.11. The molecule has 0 unspecified atom stereocenters. The Morgan fingerprint density at radius 2 is 1.67 bits per heavy atom. The molecule has 1 aliphatic rings. The van der Waals surface area contributed by atoms with Crippen molar-refractivity contribution in [1.29, 1.82) is 0 Å². The van der Waals surface area contributed by atoms with E-state index in [-0.39, 0.29) is 0 Å². The van der Waals surface area contributed by atoms with Crippen LogP contribution in [0.25, 0.3) is 0 Å². The topological polar surface area (TPSA) is 29.5 Å². The highest BCUT2D eigenvalue weighted by Crippen LogP contribution is 2.20. The van der Waals surface area contributed by atoms with Crippen LogP contribution in [0.3, 0.4) is 0 Å². The zero-order valence-corrected chi connectivity index (χ0v) is 14.3. The van der Waals surface area contributed by atoms with Gasteiger partial charge in [0, 0.05) is 31.6 Å². The van der Waals surface area contributed by atoms with Crippen LogP contribution in [0.4, 0.5) is 5.69 Å².